The zero-order valence-electron chi connectivity index (χ0n) is 11.6. The molecule has 20 heavy (non-hydrogen) atoms. The smallest absolute Gasteiger partial charge is 0.326 e. The first-order valence-electron chi connectivity index (χ1n) is 6.73. The Morgan fingerprint density at radius 3 is 2.70 bits per heavy atom. The van der Waals surface area contributed by atoms with E-state index in [0.29, 0.717) is 13.0 Å². The van der Waals surface area contributed by atoms with Gasteiger partial charge in [-0.3, -0.25) is 9.59 Å². The van der Waals surface area contributed by atoms with Gasteiger partial charge >= 0.3 is 11.9 Å². The number of methoxy groups -OCH3 is 1. The van der Waals surface area contributed by atoms with Gasteiger partial charge in [0.2, 0.25) is 5.91 Å². The van der Waals surface area contributed by atoms with Gasteiger partial charge in [-0.1, -0.05) is 0 Å². The molecule has 114 valence electrons. The van der Waals surface area contributed by atoms with Crippen molar-refractivity contribution in [3.05, 3.63) is 0 Å². The summed E-state index contributed by atoms with van der Waals surface area (Å²) in [5, 5.41) is 11.3. The first-order chi connectivity index (χ1) is 9.52. The maximum absolute atomic E-state index is 11.7. The van der Waals surface area contributed by atoms with Gasteiger partial charge in [-0.2, -0.15) is 0 Å². The van der Waals surface area contributed by atoms with Crippen LogP contribution in [0.4, 0.5) is 0 Å². The largest absolute Gasteiger partial charge is 0.480 e. The molecule has 0 saturated carbocycles. The van der Waals surface area contributed by atoms with Crippen LogP contribution in [0.1, 0.15) is 38.5 Å². The molecule has 1 fully saturated rings. The van der Waals surface area contributed by atoms with Crippen LogP contribution in [-0.2, 0) is 23.9 Å². The standard InChI is InChI=1S/C13H21NO6/c1-19-12(16)8-10(13(17)18)14-11(15)6-5-9-4-2-3-7-20-9/h9-10H,2-8H2,1H3,(H,14,15)(H,17,18)/t9?,10-/m0/s1. The van der Waals surface area contributed by atoms with Crippen LogP contribution in [0.25, 0.3) is 0 Å². The van der Waals surface area contributed by atoms with E-state index < -0.39 is 23.9 Å². The van der Waals surface area contributed by atoms with Crippen LogP contribution >= 0.6 is 0 Å². The van der Waals surface area contributed by atoms with Crippen molar-refractivity contribution in [2.45, 2.75) is 50.7 Å². The Bertz CT molecular complexity index is 351. The predicted octanol–water partition coefficient (Wildman–Crippen LogP) is 0.468. The number of nitrogens with one attached hydrogen (secondary N) is 1. The second kappa shape index (κ2) is 8.52. The molecular weight excluding hydrogens is 266 g/mol. The molecule has 1 saturated heterocycles. The molecule has 1 rings (SSSR count). The van der Waals surface area contributed by atoms with Crippen molar-refractivity contribution in [1.29, 1.82) is 0 Å². The molecule has 1 aliphatic rings. The van der Waals surface area contributed by atoms with Crippen molar-refractivity contribution in [3.63, 3.8) is 0 Å². The van der Waals surface area contributed by atoms with Crippen molar-refractivity contribution in [1.82, 2.24) is 5.32 Å². The van der Waals surface area contributed by atoms with Crippen LogP contribution in [0, 0.1) is 0 Å². The minimum Gasteiger partial charge on any atom is -0.480 e. The first-order valence-corrected chi connectivity index (χ1v) is 6.73. The Kier molecular flexibility index (Phi) is 7.00. The average Bonchev–Trinajstić information content (AvgIpc) is 2.45. The molecule has 1 heterocycles. The number of ether oxygens (including phenoxy) is 2. The molecule has 1 aliphatic heterocycles. The van der Waals surface area contributed by atoms with Crippen molar-refractivity contribution in [2.24, 2.45) is 0 Å². The molecule has 2 atom stereocenters. The van der Waals surface area contributed by atoms with Crippen molar-refractivity contribution in [2.75, 3.05) is 13.7 Å². The molecule has 7 nitrogen and oxygen atoms in total. The fourth-order valence-corrected chi connectivity index (χ4v) is 2.04. The third-order valence-electron chi connectivity index (χ3n) is 3.20. The van der Waals surface area contributed by atoms with E-state index in [-0.39, 0.29) is 18.9 Å². The summed E-state index contributed by atoms with van der Waals surface area (Å²) in [5.74, 6) is -2.32. The minimum absolute atomic E-state index is 0.0679. The number of rotatable bonds is 7. The molecular formula is C13H21NO6. The van der Waals surface area contributed by atoms with Gasteiger partial charge in [-0.25, -0.2) is 4.79 Å². The lowest BCUT2D eigenvalue weighted by molar-refractivity contribution is -0.148. The monoisotopic (exact) mass is 287 g/mol. The van der Waals surface area contributed by atoms with Gasteiger partial charge in [0, 0.05) is 13.0 Å². The lowest BCUT2D eigenvalue weighted by Gasteiger charge is -2.22. The number of carboxylic acid groups (broad SMARTS) is 1. The van der Waals surface area contributed by atoms with Gasteiger partial charge in [0.05, 0.1) is 19.6 Å². The van der Waals surface area contributed by atoms with E-state index in [1.807, 2.05) is 0 Å². The van der Waals surface area contributed by atoms with E-state index in [1.54, 1.807) is 0 Å². The van der Waals surface area contributed by atoms with Gasteiger partial charge in [0.15, 0.2) is 0 Å². The predicted molar refractivity (Wildman–Crippen MR) is 69.0 cm³/mol. The average molecular weight is 287 g/mol. The highest BCUT2D eigenvalue weighted by Crippen LogP contribution is 2.16. The number of aliphatic carboxylic acids is 1. The zero-order chi connectivity index (χ0) is 15.0. The fourth-order valence-electron chi connectivity index (χ4n) is 2.04. The maximum atomic E-state index is 11.7. The summed E-state index contributed by atoms with van der Waals surface area (Å²) in [6, 6.07) is -1.25. The number of esters is 1. The Hall–Kier alpha value is -1.63. The lowest BCUT2D eigenvalue weighted by Crippen LogP contribution is -2.42. The van der Waals surface area contributed by atoms with Crippen LogP contribution in [0.2, 0.25) is 0 Å². The molecule has 0 aromatic heterocycles. The number of carboxylic acids is 1. The van der Waals surface area contributed by atoms with E-state index in [2.05, 4.69) is 10.1 Å². The molecule has 7 heteroatoms. The number of hydrogen-bond acceptors (Lipinski definition) is 5. The number of carbonyl (C=O) groups excluding carboxylic acids is 2. The summed E-state index contributed by atoms with van der Waals surface area (Å²) in [7, 11) is 1.17. The zero-order valence-corrected chi connectivity index (χ0v) is 11.6. The Labute approximate surface area is 117 Å². The summed E-state index contributed by atoms with van der Waals surface area (Å²) in [6.07, 6.45) is 3.51. The number of carbonyl (C=O) groups is 3. The lowest BCUT2D eigenvalue weighted by atomic mass is 10.0. The molecule has 0 aromatic carbocycles. The molecule has 0 bridgehead atoms. The number of amides is 1. The molecule has 0 spiro atoms. The van der Waals surface area contributed by atoms with Crippen molar-refractivity contribution < 1.29 is 29.0 Å². The molecule has 1 amide bonds. The maximum Gasteiger partial charge on any atom is 0.326 e. The van der Waals surface area contributed by atoms with E-state index in [4.69, 9.17) is 9.84 Å². The molecule has 2 N–H and O–H groups in total. The van der Waals surface area contributed by atoms with Crippen molar-refractivity contribution in [3.8, 4) is 0 Å². The van der Waals surface area contributed by atoms with Gasteiger partial charge in [-0.15, -0.1) is 0 Å². The molecule has 0 aromatic rings. The molecule has 1 unspecified atom stereocenters. The third kappa shape index (κ3) is 6.01. The SMILES string of the molecule is COC(=O)C[C@H](NC(=O)CCC1CCCCO1)C(=O)O. The van der Waals surface area contributed by atoms with Crippen LogP contribution in [0.15, 0.2) is 0 Å². The summed E-state index contributed by atoms with van der Waals surface area (Å²) >= 11 is 0. The first kappa shape index (κ1) is 16.4. The summed E-state index contributed by atoms with van der Waals surface area (Å²) in [5.41, 5.74) is 0. The van der Waals surface area contributed by atoms with Gasteiger partial charge in [-0.05, 0) is 25.7 Å². The fraction of sp³-hybridized carbons (Fsp3) is 0.769. The van der Waals surface area contributed by atoms with Crippen LogP contribution < -0.4 is 5.32 Å². The van der Waals surface area contributed by atoms with E-state index in [1.165, 1.54) is 7.11 Å². The van der Waals surface area contributed by atoms with Gasteiger partial charge in [0.25, 0.3) is 0 Å². The van der Waals surface area contributed by atoms with Gasteiger partial charge in [0.1, 0.15) is 6.04 Å². The van der Waals surface area contributed by atoms with E-state index in [0.717, 1.165) is 19.3 Å². The third-order valence-corrected chi connectivity index (χ3v) is 3.20. The van der Waals surface area contributed by atoms with E-state index >= 15 is 0 Å². The van der Waals surface area contributed by atoms with Gasteiger partial charge < -0.3 is 19.9 Å². The summed E-state index contributed by atoms with van der Waals surface area (Å²) in [6.45, 7) is 0.715. The molecule has 0 radical (unpaired) electrons. The van der Waals surface area contributed by atoms with E-state index in [9.17, 15) is 14.4 Å². The molecule has 0 aliphatic carbocycles. The summed E-state index contributed by atoms with van der Waals surface area (Å²) < 4.78 is 9.89. The Morgan fingerprint density at radius 2 is 2.15 bits per heavy atom. The topological polar surface area (TPSA) is 102 Å². The van der Waals surface area contributed by atoms with Crippen LogP contribution in [0.3, 0.4) is 0 Å². The van der Waals surface area contributed by atoms with Crippen molar-refractivity contribution >= 4 is 17.8 Å². The second-order valence-electron chi connectivity index (χ2n) is 4.77. The Balaban J connectivity index is 2.33. The van der Waals surface area contributed by atoms with Crippen LogP contribution in [0.5, 0.6) is 0 Å². The Morgan fingerprint density at radius 1 is 1.40 bits per heavy atom. The highest BCUT2D eigenvalue weighted by Gasteiger charge is 2.24. The second-order valence-corrected chi connectivity index (χ2v) is 4.77. The normalized spacial score (nSPS) is 19.9. The highest BCUT2D eigenvalue weighted by atomic mass is 16.5. The van der Waals surface area contributed by atoms with Crippen LogP contribution in [-0.4, -0.2) is 48.8 Å². The quantitative estimate of drug-likeness (QED) is 0.660. The summed E-state index contributed by atoms with van der Waals surface area (Å²) in [4.78, 5) is 33.7. The minimum atomic E-state index is -1.25. The number of hydrogen-bond donors (Lipinski definition) is 2. The highest BCUT2D eigenvalue weighted by molar-refractivity contribution is 5.87.